The van der Waals surface area contributed by atoms with Crippen molar-refractivity contribution >= 4 is 6.21 Å². The number of aromatic nitrogens is 1. The van der Waals surface area contributed by atoms with Crippen LogP contribution in [0.15, 0.2) is 47.8 Å². The normalized spacial score (nSPS) is 10.6. The second kappa shape index (κ2) is 5.12. The minimum atomic E-state index is 0.411. The van der Waals surface area contributed by atoms with E-state index in [0.717, 1.165) is 5.56 Å². The second-order valence-electron chi connectivity index (χ2n) is 3.56. The fraction of sp³-hybridized carbons (Fsp3) is 0.0769. The molecular weight excluding hydrogens is 216 g/mol. The van der Waals surface area contributed by atoms with Crippen LogP contribution in [0.3, 0.4) is 0 Å². The summed E-state index contributed by atoms with van der Waals surface area (Å²) in [6.07, 6.45) is 2.91. The summed E-state index contributed by atoms with van der Waals surface area (Å²) >= 11 is 0. The summed E-state index contributed by atoms with van der Waals surface area (Å²) in [7, 11) is 0. The van der Waals surface area contributed by atoms with Crippen molar-refractivity contribution in [1.82, 2.24) is 4.98 Å². The molecule has 17 heavy (non-hydrogen) atoms. The van der Waals surface area contributed by atoms with E-state index >= 15 is 0 Å². The number of rotatable bonds is 3. The van der Waals surface area contributed by atoms with Gasteiger partial charge in [0.2, 0.25) is 5.88 Å². The summed E-state index contributed by atoms with van der Waals surface area (Å²) in [5, 5.41) is 11.5. The Morgan fingerprint density at radius 2 is 2.00 bits per heavy atom. The van der Waals surface area contributed by atoms with Gasteiger partial charge in [-0.15, -0.1) is 0 Å². The molecule has 1 heterocycles. The van der Waals surface area contributed by atoms with Gasteiger partial charge in [0.1, 0.15) is 5.75 Å². The van der Waals surface area contributed by atoms with E-state index in [1.165, 1.54) is 6.21 Å². The second-order valence-corrected chi connectivity index (χ2v) is 3.56. The molecule has 0 radical (unpaired) electrons. The first-order chi connectivity index (χ1) is 8.29. The molecule has 0 amide bonds. The third kappa shape index (κ3) is 2.81. The van der Waals surface area contributed by atoms with Gasteiger partial charge in [0.15, 0.2) is 0 Å². The van der Waals surface area contributed by atoms with Crippen molar-refractivity contribution in [2.45, 2.75) is 6.92 Å². The highest BCUT2D eigenvalue weighted by molar-refractivity contribution is 5.82. The molecule has 0 aliphatic rings. The molecule has 0 saturated heterocycles. The zero-order chi connectivity index (χ0) is 12.1. The van der Waals surface area contributed by atoms with E-state index in [1.807, 2.05) is 31.2 Å². The SMILES string of the molecule is Cc1ccc(Oc2ncccc2/C=N\O)cc1. The average Bonchev–Trinajstić information content (AvgIpc) is 2.35. The van der Waals surface area contributed by atoms with E-state index in [4.69, 9.17) is 9.94 Å². The van der Waals surface area contributed by atoms with Gasteiger partial charge in [-0.3, -0.25) is 0 Å². The van der Waals surface area contributed by atoms with Crippen LogP contribution in [0.5, 0.6) is 11.6 Å². The van der Waals surface area contributed by atoms with Crippen molar-refractivity contribution in [3.8, 4) is 11.6 Å². The number of pyridine rings is 1. The van der Waals surface area contributed by atoms with Gasteiger partial charge in [-0.05, 0) is 31.2 Å². The maximum Gasteiger partial charge on any atom is 0.228 e. The van der Waals surface area contributed by atoms with Crippen LogP contribution in [0, 0.1) is 6.92 Å². The Labute approximate surface area is 99.2 Å². The molecule has 0 bridgehead atoms. The fourth-order valence-electron chi connectivity index (χ4n) is 1.37. The Bertz CT molecular complexity index is 521. The molecule has 0 unspecified atom stereocenters. The van der Waals surface area contributed by atoms with Crippen molar-refractivity contribution in [1.29, 1.82) is 0 Å². The molecule has 86 valence electrons. The fourth-order valence-corrected chi connectivity index (χ4v) is 1.37. The van der Waals surface area contributed by atoms with E-state index in [9.17, 15) is 0 Å². The highest BCUT2D eigenvalue weighted by atomic mass is 16.5. The summed E-state index contributed by atoms with van der Waals surface area (Å²) in [4.78, 5) is 4.09. The predicted molar refractivity (Wildman–Crippen MR) is 64.9 cm³/mol. The van der Waals surface area contributed by atoms with Crippen molar-refractivity contribution in [2.24, 2.45) is 5.16 Å². The van der Waals surface area contributed by atoms with Crippen LogP contribution in [-0.4, -0.2) is 16.4 Å². The summed E-state index contributed by atoms with van der Waals surface area (Å²) in [6.45, 7) is 2.01. The highest BCUT2D eigenvalue weighted by Gasteiger charge is 2.03. The third-order valence-electron chi connectivity index (χ3n) is 2.23. The monoisotopic (exact) mass is 228 g/mol. The highest BCUT2D eigenvalue weighted by Crippen LogP contribution is 2.21. The Hall–Kier alpha value is -2.36. The third-order valence-corrected chi connectivity index (χ3v) is 2.23. The quantitative estimate of drug-likeness (QED) is 0.499. The van der Waals surface area contributed by atoms with Crippen LogP contribution in [0.1, 0.15) is 11.1 Å². The first-order valence-corrected chi connectivity index (χ1v) is 5.16. The number of benzene rings is 1. The first-order valence-electron chi connectivity index (χ1n) is 5.16. The number of hydrogen-bond acceptors (Lipinski definition) is 4. The van der Waals surface area contributed by atoms with Gasteiger partial charge in [0.25, 0.3) is 0 Å². The van der Waals surface area contributed by atoms with E-state index in [-0.39, 0.29) is 0 Å². The van der Waals surface area contributed by atoms with E-state index in [0.29, 0.717) is 17.2 Å². The van der Waals surface area contributed by atoms with E-state index < -0.39 is 0 Å². The molecule has 0 saturated carbocycles. The summed E-state index contributed by atoms with van der Waals surface area (Å²) in [5.41, 5.74) is 1.78. The minimum Gasteiger partial charge on any atom is -0.438 e. The van der Waals surface area contributed by atoms with Crippen LogP contribution in [0.2, 0.25) is 0 Å². The number of nitrogens with zero attached hydrogens (tertiary/aromatic N) is 2. The molecular formula is C13H12N2O2. The number of oxime groups is 1. The summed E-state index contributed by atoms with van der Waals surface area (Å²) in [6, 6.07) is 11.2. The van der Waals surface area contributed by atoms with Crippen molar-refractivity contribution in [3.05, 3.63) is 53.7 Å². The molecule has 4 nitrogen and oxygen atoms in total. The molecule has 0 aliphatic carbocycles. The van der Waals surface area contributed by atoms with Crippen molar-refractivity contribution in [3.63, 3.8) is 0 Å². The minimum absolute atomic E-state index is 0.411. The molecule has 1 aromatic carbocycles. The van der Waals surface area contributed by atoms with Crippen LogP contribution in [0.4, 0.5) is 0 Å². The van der Waals surface area contributed by atoms with Crippen molar-refractivity contribution < 1.29 is 9.94 Å². The lowest BCUT2D eigenvalue weighted by Gasteiger charge is -2.06. The molecule has 0 atom stereocenters. The summed E-state index contributed by atoms with van der Waals surface area (Å²) in [5.74, 6) is 1.11. The molecule has 1 aromatic heterocycles. The Kier molecular flexibility index (Phi) is 3.35. The largest absolute Gasteiger partial charge is 0.438 e. The Morgan fingerprint density at radius 1 is 1.24 bits per heavy atom. The molecule has 2 aromatic rings. The van der Waals surface area contributed by atoms with Crippen LogP contribution >= 0.6 is 0 Å². The Balaban J connectivity index is 2.26. The van der Waals surface area contributed by atoms with Gasteiger partial charge in [-0.1, -0.05) is 22.9 Å². The molecule has 0 spiro atoms. The molecule has 1 N–H and O–H groups in total. The number of ether oxygens (including phenoxy) is 1. The lowest BCUT2D eigenvalue weighted by Crippen LogP contribution is -1.93. The molecule has 0 aliphatic heterocycles. The lowest BCUT2D eigenvalue weighted by molar-refractivity contribution is 0.321. The zero-order valence-electron chi connectivity index (χ0n) is 9.37. The maximum atomic E-state index is 8.53. The molecule has 0 fully saturated rings. The van der Waals surface area contributed by atoms with Gasteiger partial charge in [0.05, 0.1) is 11.8 Å². The van der Waals surface area contributed by atoms with Crippen LogP contribution < -0.4 is 4.74 Å². The smallest absolute Gasteiger partial charge is 0.228 e. The van der Waals surface area contributed by atoms with E-state index in [2.05, 4.69) is 10.1 Å². The Morgan fingerprint density at radius 3 is 2.71 bits per heavy atom. The average molecular weight is 228 g/mol. The first kappa shape index (κ1) is 11.1. The molecule has 2 rings (SSSR count). The van der Waals surface area contributed by atoms with Gasteiger partial charge in [0, 0.05) is 6.20 Å². The molecule has 4 heteroatoms. The van der Waals surface area contributed by atoms with Gasteiger partial charge in [-0.25, -0.2) is 4.98 Å². The topological polar surface area (TPSA) is 54.7 Å². The predicted octanol–water partition coefficient (Wildman–Crippen LogP) is 2.99. The van der Waals surface area contributed by atoms with Crippen LogP contribution in [0.25, 0.3) is 0 Å². The number of aryl methyl sites for hydroxylation is 1. The number of hydrogen-bond donors (Lipinski definition) is 1. The van der Waals surface area contributed by atoms with Gasteiger partial charge in [-0.2, -0.15) is 0 Å². The van der Waals surface area contributed by atoms with Crippen LogP contribution in [-0.2, 0) is 0 Å². The van der Waals surface area contributed by atoms with Gasteiger partial charge >= 0.3 is 0 Å². The lowest BCUT2D eigenvalue weighted by atomic mass is 10.2. The van der Waals surface area contributed by atoms with Gasteiger partial charge < -0.3 is 9.94 Å². The standard InChI is InChI=1S/C13H12N2O2/c1-10-4-6-12(7-5-10)17-13-11(9-15-16)3-2-8-14-13/h2-9,16H,1H3/b15-9-. The van der Waals surface area contributed by atoms with Crippen molar-refractivity contribution in [2.75, 3.05) is 0 Å². The summed E-state index contributed by atoms with van der Waals surface area (Å²) < 4.78 is 5.60. The van der Waals surface area contributed by atoms with E-state index in [1.54, 1.807) is 18.3 Å². The maximum absolute atomic E-state index is 8.53. The zero-order valence-corrected chi connectivity index (χ0v) is 9.37.